The molecule has 0 amide bonds. The summed E-state index contributed by atoms with van der Waals surface area (Å²) in [5, 5.41) is 5.45. The van der Waals surface area contributed by atoms with E-state index in [2.05, 4.69) is 39.6 Å². The maximum atomic E-state index is 5.34. The Morgan fingerprint density at radius 1 is 1.47 bits per heavy atom. The number of aryl methyl sites for hydroxylation is 1. The molecule has 2 aromatic rings. The minimum absolute atomic E-state index is 0.786. The average Bonchev–Trinajstić information content (AvgIpc) is 2.77. The van der Waals surface area contributed by atoms with E-state index in [0.717, 1.165) is 23.3 Å². The third-order valence-corrected chi connectivity index (χ3v) is 3.87. The number of furan rings is 1. The van der Waals surface area contributed by atoms with Crippen LogP contribution in [0.15, 0.2) is 32.7 Å². The summed E-state index contributed by atoms with van der Waals surface area (Å²) in [4.78, 5) is 1.33. The SMILES string of the molecule is Cc1ccoc1CNCc1cc(Br)cs1. The molecule has 80 valence electrons. The minimum atomic E-state index is 0.786. The predicted octanol–water partition coefficient (Wildman–Crippen LogP) is 3.70. The lowest BCUT2D eigenvalue weighted by atomic mass is 10.3. The van der Waals surface area contributed by atoms with Crippen molar-refractivity contribution in [2.75, 3.05) is 0 Å². The third kappa shape index (κ3) is 2.93. The van der Waals surface area contributed by atoms with Gasteiger partial charge in [0.25, 0.3) is 0 Å². The van der Waals surface area contributed by atoms with Gasteiger partial charge in [0.15, 0.2) is 0 Å². The van der Waals surface area contributed by atoms with Crippen LogP contribution in [0.5, 0.6) is 0 Å². The van der Waals surface area contributed by atoms with Crippen LogP contribution in [-0.4, -0.2) is 0 Å². The van der Waals surface area contributed by atoms with Gasteiger partial charge in [0.1, 0.15) is 5.76 Å². The second-order valence-electron chi connectivity index (χ2n) is 3.36. The van der Waals surface area contributed by atoms with Crippen molar-refractivity contribution in [3.63, 3.8) is 0 Å². The molecule has 0 bridgehead atoms. The quantitative estimate of drug-likeness (QED) is 0.927. The molecule has 2 nitrogen and oxygen atoms in total. The van der Waals surface area contributed by atoms with Crippen LogP contribution in [0, 0.1) is 6.92 Å². The first-order chi connectivity index (χ1) is 7.25. The van der Waals surface area contributed by atoms with Crippen LogP contribution in [0.3, 0.4) is 0 Å². The molecule has 2 heterocycles. The van der Waals surface area contributed by atoms with E-state index in [0.29, 0.717) is 0 Å². The standard InChI is InChI=1S/C11H12BrNOS/c1-8-2-3-14-11(8)6-13-5-10-4-9(12)7-15-10/h2-4,7,13H,5-6H2,1H3. The van der Waals surface area contributed by atoms with Gasteiger partial charge in [-0.15, -0.1) is 11.3 Å². The van der Waals surface area contributed by atoms with Crippen molar-refractivity contribution in [2.24, 2.45) is 0 Å². The average molecular weight is 286 g/mol. The minimum Gasteiger partial charge on any atom is -0.468 e. The fraction of sp³-hybridized carbons (Fsp3) is 0.273. The molecule has 0 saturated heterocycles. The molecule has 0 radical (unpaired) electrons. The van der Waals surface area contributed by atoms with E-state index in [9.17, 15) is 0 Å². The molecule has 0 aromatic carbocycles. The Hall–Kier alpha value is -0.580. The zero-order valence-corrected chi connectivity index (χ0v) is 10.8. The van der Waals surface area contributed by atoms with Gasteiger partial charge in [0.05, 0.1) is 12.8 Å². The van der Waals surface area contributed by atoms with E-state index >= 15 is 0 Å². The highest BCUT2D eigenvalue weighted by Crippen LogP contribution is 2.19. The van der Waals surface area contributed by atoms with Gasteiger partial charge in [-0.2, -0.15) is 0 Å². The summed E-state index contributed by atoms with van der Waals surface area (Å²) in [5.41, 5.74) is 1.20. The van der Waals surface area contributed by atoms with Crippen molar-refractivity contribution in [2.45, 2.75) is 20.0 Å². The fourth-order valence-electron chi connectivity index (χ4n) is 1.33. The maximum Gasteiger partial charge on any atom is 0.120 e. The molecular formula is C11H12BrNOS. The highest BCUT2D eigenvalue weighted by molar-refractivity contribution is 9.10. The van der Waals surface area contributed by atoms with E-state index in [1.54, 1.807) is 17.6 Å². The summed E-state index contributed by atoms with van der Waals surface area (Å²) in [6.45, 7) is 3.73. The smallest absolute Gasteiger partial charge is 0.120 e. The Balaban J connectivity index is 1.83. The van der Waals surface area contributed by atoms with Crippen molar-refractivity contribution < 1.29 is 4.42 Å². The molecule has 2 rings (SSSR count). The molecule has 0 spiro atoms. The Bertz CT molecular complexity index is 435. The first-order valence-electron chi connectivity index (χ1n) is 4.72. The Morgan fingerprint density at radius 3 is 2.93 bits per heavy atom. The molecule has 0 fully saturated rings. The summed E-state index contributed by atoms with van der Waals surface area (Å²) in [7, 11) is 0. The van der Waals surface area contributed by atoms with Crippen molar-refractivity contribution in [3.8, 4) is 0 Å². The second-order valence-corrected chi connectivity index (χ2v) is 5.27. The molecule has 0 aliphatic carbocycles. The number of nitrogens with one attached hydrogen (secondary N) is 1. The molecular weight excluding hydrogens is 274 g/mol. The summed E-state index contributed by atoms with van der Waals surface area (Å²) in [5.74, 6) is 1.02. The molecule has 0 atom stereocenters. The van der Waals surface area contributed by atoms with Gasteiger partial charge in [0.2, 0.25) is 0 Å². The van der Waals surface area contributed by atoms with Crippen molar-refractivity contribution in [1.82, 2.24) is 5.32 Å². The zero-order valence-electron chi connectivity index (χ0n) is 8.42. The van der Waals surface area contributed by atoms with Crippen molar-refractivity contribution >= 4 is 27.3 Å². The summed E-state index contributed by atoms with van der Waals surface area (Å²) >= 11 is 5.19. The van der Waals surface area contributed by atoms with Gasteiger partial charge in [-0.05, 0) is 40.5 Å². The Kier molecular flexibility index (Phi) is 3.61. The molecule has 0 saturated carbocycles. The number of thiophene rings is 1. The highest BCUT2D eigenvalue weighted by Gasteiger charge is 2.01. The fourth-order valence-corrected chi connectivity index (χ4v) is 2.75. The first kappa shape index (κ1) is 10.9. The number of halogens is 1. The first-order valence-corrected chi connectivity index (χ1v) is 6.39. The largest absolute Gasteiger partial charge is 0.468 e. The lowest BCUT2D eigenvalue weighted by molar-refractivity contribution is 0.481. The molecule has 2 aromatic heterocycles. The topological polar surface area (TPSA) is 25.2 Å². The molecule has 0 aliphatic rings. The van der Waals surface area contributed by atoms with Crippen LogP contribution in [0.4, 0.5) is 0 Å². The van der Waals surface area contributed by atoms with Crippen LogP contribution in [-0.2, 0) is 13.1 Å². The molecule has 4 heteroatoms. The van der Waals surface area contributed by atoms with Crippen LogP contribution < -0.4 is 5.32 Å². The predicted molar refractivity (Wildman–Crippen MR) is 66.0 cm³/mol. The summed E-state index contributed by atoms with van der Waals surface area (Å²) in [6, 6.07) is 4.12. The highest BCUT2D eigenvalue weighted by atomic mass is 79.9. The monoisotopic (exact) mass is 285 g/mol. The van der Waals surface area contributed by atoms with Crippen molar-refractivity contribution in [1.29, 1.82) is 0 Å². The lowest BCUT2D eigenvalue weighted by Gasteiger charge is -2.00. The third-order valence-electron chi connectivity index (χ3n) is 2.17. The number of rotatable bonds is 4. The maximum absolute atomic E-state index is 5.34. The van der Waals surface area contributed by atoms with E-state index in [4.69, 9.17) is 4.42 Å². The molecule has 0 unspecified atom stereocenters. The Morgan fingerprint density at radius 2 is 2.33 bits per heavy atom. The normalized spacial score (nSPS) is 10.8. The van der Waals surface area contributed by atoms with Crippen LogP contribution in [0.25, 0.3) is 0 Å². The van der Waals surface area contributed by atoms with Gasteiger partial charge in [-0.25, -0.2) is 0 Å². The zero-order chi connectivity index (χ0) is 10.7. The molecule has 15 heavy (non-hydrogen) atoms. The van der Waals surface area contributed by atoms with E-state index in [1.807, 2.05) is 6.07 Å². The van der Waals surface area contributed by atoms with Gasteiger partial charge in [-0.1, -0.05) is 0 Å². The van der Waals surface area contributed by atoms with Crippen LogP contribution in [0.2, 0.25) is 0 Å². The van der Waals surface area contributed by atoms with Crippen molar-refractivity contribution in [3.05, 3.63) is 44.4 Å². The van der Waals surface area contributed by atoms with Crippen LogP contribution >= 0.6 is 27.3 Å². The van der Waals surface area contributed by atoms with Gasteiger partial charge >= 0.3 is 0 Å². The van der Waals surface area contributed by atoms with Gasteiger partial charge in [0, 0.05) is 21.3 Å². The van der Waals surface area contributed by atoms with Crippen LogP contribution in [0.1, 0.15) is 16.2 Å². The molecule has 0 aliphatic heterocycles. The lowest BCUT2D eigenvalue weighted by Crippen LogP contribution is -2.11. The number of hydrogen-bond donors (Lipinski definition) is 1. The second kappa shape index (κ2) is 4.96. The van der Waals surface area contributed by atoms with Gasteiger partial charge < -0.3 is 9.73 Å². The molecule has 1 N–H and O–H groups in total. The van der Waals surface area contributed by atoms with Gasteiger partial charge in [-0.3, -0.25) is 0 Å². The summed E-state index contributed by atoms with van der Waals surface area (Å²) in [6.07, 6.45) is 1.73. The van der Waals surface area contributed by atoms with E-state index in [-0.39, 0.29) is 0 Å². The number of hydrogen-bond acceptors (Lipinski definition) is 3. The van der Waals surface area contributed by atoms with E-state index < -0.39 is 0 Å². The Labute approximate surface area is 101 Å². The van der Waals surface area contributed by atoms with E-state index in [1.165, 1.54) is 10.4 Å². The summed E-state index contributed by atoms with van der Waals surface area (Å²) < 4.78 is 6.49.